The second-order valence-electron chi connectivity index (χ2n) is 5.17. The smallest absolute Gasteiger partial charge is 0.0618 e. The number of nitrogens with two attached hydrogens (primary N) is 1. The summed E-state index contributed by atoms with van der Waals surface area (Å²) in [4.78, 5) is 0. The Morgan fingerprint density at radius 3 is 2.38 bits per heavy atom. The van der Waals surface area contributed by atoms with Gasteiger partial charge in [0.2, 0.25) is 0 Å². The van der Waals surface area contributed by atoms with Gasteiger partial charge in [-0.25, -0.2) is 0 Å². The van der Waals surface area contributed by atoms with E-state index in [9.17, 15) is 0 Å². The average molecular weight is 185 g/mol. The predicted octanol–water partition coefficient (Wildman–Crippen LogP) is 2.32. The van der Waals surface area contributed by atoms with Crippen molar-refractivity contribution in [3.8, 4) is 0 Å². The zero-order valence-electron chi connectivity index (χ0n) is 9.18. The molecular weight excluding hydrogens is 162 g/mol. The molecule has 78 valence electrons. The van der Waals surface area contributed by atoms with Crippen LogP contribution in [0.3, 0.4) is 0 Å². The fourth-order valence-corrected chi connectivity index (χ4v) is 1.83. The maximum atomic E-state index is 5.71. The van der Waals surface area contributed by atoms with Crippen LogP contribution in [0.15, 0.2) is 0 Å². The van der Waals surface area contributed by atoms with Crippen LogP contribution in [0.25, 0.3) is 0 Å². The molecular formula is C11H23NO. The van der Waals surface area contributed by atoms with Crippen molar-refractivity contribution in [1.29, 1.82) is 0 Å². The van der Waals surface area contributed by atoms with Crippen LogP contribution in [0.1, 0.15) is 46.5 Å². The first-order valence-electron chi connectivity index (χ1n) is 5.37. The molecule has 1 atom stereocenters. The summed E-state index contributed by atoms with van der Waals surface area (Å²) in [7, 11) is 0. The van der Waals surface area contributed by atoms with Gasteiger partial charge < -0.3 is 10.5 Å². The molecule has 0 aromatic rings. The standard InChI is InChI=1S/C11H23NO/c1-9(12)8-13-10-4-6-11(2,3)7-5-10/h9-10H,4-8,12H2,1-3H3. The molecule has 1 aliphatic rings. The van der Waals surface area contributed by atoms with Gasteiger partial charge in [0.05, 0.1) is 12.7 Å². The van der Waals surface area contributed by atoms with Crippen molar-refractivity contribution in [2.45, 2.75) is 58.6 Å². The Bertz CT molecular complexity index is 141. The summed E-state index contributed by atoms with van der Waals surface area (Å²) >= 11 is 0. The first kappa shape index (κ1) is 11.0. The van der Waals surface area contributed by atoms with Gasteiger partial charge in [0.15, 0.2) is 0 Å². The molecule has 2 nitrogen and oxygen atoms in total. The van der Waals surface area contributed by atoms with Gasteiger partial charge in [-0.05, 0) is 38.0 Å². The molecule has 0 radical (unpaired) electrons. The SMILES string of the molecule is CC(N)COC1CCC(C)(C)CC1. The minimum atomic E-state index is 0.176. The Balaban J connectivity index is 2.18. The Morgan fingerprint density at radius 1 is 1.38 bits per heavy atom. The number of rotatable bonds is 3. The fourth-order valence-electron chi connectivity index (χ4n) is 1.83. The third-order valence-corrected chi connectivity index (χ3v) is 2.88. The molecule has 0 aliphatic heterocycles. The van der Waals surface area contributed by atoms with Gasteiger partial charge in [-0.3, -0.25) is 0 Å². The summed E-state index contributed by atoms with van der Waals surface area (Å²) in [6, 6.07) is 0.176. The van der Waals surface area contributed by atoms with Gasteiger partial charge in [0, 0.05) is 6.04 Å². The zero-order chi connectivity index (χ0) is 9.90. The van der Waals surface area contributed by atoms with Crippen molar-refractivity contribution >= 4 is 0 Å². The molecule has 0 amide bonds. The first-order chi connectivity index (χ1) is 5.99. The van der Waals surface area contributed by atoms with E-state index in [4.69, 9.17) is 10.5 Å². The Hall–Kier alpha value is -0.0800. The summed E-state index contributed by atoms with van der Waals surface area (Å²) in [6.45, 7) is 7.39. The van der Waals surface area contributed by atoms with Crippen LogP contribution in [0, 0.1) is 5.41 Å². The van der Waals surface area contributed by atoms with E-state index in [1.54, 1.807) is 0 Å². The van der Waals surface area contributed by atoms with E-state index in [0.717, 1.165) is 0 Å². The molecule has 13 heavy (non-hydrogen) atoms. The van der Waals surface area contributed by atoms with Crippen LogP contribution >= 0.6 is 0 Å². The van der Waals surface area contributed by atoms with Crippen LogP contribution in [0.4, 0.5) is 0 Å². The average Bonchev–Trinajstić information content (AvgIpc) is 2.02. The molecule has 1 unspecified atom stereocenters. The molecule has 0 bridgehead atoms. The fraction of sp³-hybridized carbons (Fsp3) is 1.00. The summed E-state index contributed by atoms with van der Waals surface area (Å²) in [6.07, 6.45) is 5.46. The molecule has 0 aromatic heterocycles. The molecule has 2 heteroatoms. The van der Waals surface area contributed by atoms with E-state index in [-0.39, 0.29) is 6.04 Å². The lowest BCUT2D eigenvalue weighted by Crippen LogP contribution is -2.30. The van der Waals surface area contributed by atoms with Crippen molar-refractivity contribution in [2.24, 2.45) is 11.1 Å². The van der Waals surface area contributed by atoms with Gasteiger partial charge >= 0.3 is 0 Å². The largest absolute Gasteiger partial charge is 0.377 e. The molecule has 0 saturated heterocycles. The maximum Gasteiger partial charge on any atom is 0.0618 e. The number of hydrogen-bond acceptors (Lipinski definition) is 2. The lowest BCUT2D eigenvalue weighted by atomic mass is 9.76. The van der Waals surface area contributed by atoms with Gasteiger partial charge in [-0.15, -0.1) is 0 Å². The highest BCUT2D eigenvalue weighted by Gasteiger charge is 2.27. The Kier molecular flexibility index (Phi) is 3.74. The summed E-state index contributed by atoms with van der Waals surface area (Å²) in [5.74, 6) is 0. The van der Waals surface area contributed by atoms with E-state index < -0.39 is 0 Å². The second-order valence-corrected chi connectivity index (χ2v) is 5.17. The van der Waals surface area contributed by atoms with Crippen molar-refractivity contribution in [2.75, 3.05) is 6.61 Å². The highest BCUT2D eigenvalue weighted by atomic mass is 16.5. The number of hydrogen-bond donors (Lipinski definition) is 1. The van der Waals surface area contributed by atoms with Crippen LogP contribution in [0.2, 0.25) is 0 Å². The quantitative estimate of drug-likeness (QED) is 0.732. The van der Waals surface area contributed by atoms with Gasteiger partial charge in [-0.2, -0.15) is 0 Å². The Morgan fingerprint density at radius 2 is 1.92 bits per heavy atom. The van der Waals surface area contributed by atoms with E-state index in [1.165, 1.54) is 25.7 Å². The van der Waals surface area contributed by atoms with E-state index in [2.05, 4.69) is 13.8 Å². The monoisotopic (exact) mass is 185 g/mol. The first-order valence-corrected chi connectivity index (χ1v) is 5.37. The molecule has 2 N–H and O–H groups in total. The third-order valence-electron chi connectivity index (χ3n) is 2.88. The molecule has 1 rings (SSSR count). The second kappa shape index (κ2) is 4.43. The van der Waals surface area contributed by atoms with Crippen LogP contribution < -0.4 is 5.73 Å². The highest BCUT2D eigenvalue weighted by molar-refractivity contribution is 4.78. The van der Waals surface area contributed by atoms with Gasteiger partial charge in [0.25, 0.3) is 0 Å². The topological polar surface area (TPSA) is 35.2 Å². The van der Waals surface area contributed by atoms with Crippen LogP contribution in [-0.2, 0) is 4.74 Å². The molecule has 1 fully saturated rings. The normalized spacial score (nSPS) is 25.8. The summed E-state index contributed by atoms with van der Waals surface area (Å²) < 4.78 is 5.71. The lowest BCUT2D eigenvalue weighted by molar-refractivity contribution is 0.0000638. The van der Waals surface area contributed by atoms with E-state index >= 15 is 0 Å². The lowest BCUT2D eigenvalue weighted by Gasteiger charge is -2.34. The van der Waals surface area contributed by atoms with E-state index in [1.807, 2.05) is 6.92 Å². The minimum absolute atomic E-state index is 0.176. The molecule has 0 spiro atoms. The van der Waals surface area contributed by atoms with Crippen LogP contribution in [-0.4, -0.2) is 18.8 Å². The van der Waals surface area contributed by atoms with E-state index in [0.29, 0.717) is 18.1 Å². The van der Waals surface area contributed by atoms with Crippen molar-refractivity contribution < 1.29 is 4.74 Å². The maximum absolute atomic E-state index is 5.71. The summed E-state index contributed by atoms with van der Waals surface area (Å²) in [5, 5.41) is 0. The van der Waals surface area contributed by atoms with Crippen molar-refractivity contribution in [1.82, 2.24) is 0 Å². The van der Waals surface area contributed by atoms with Crippen molar-refractivity contribution in [3.63, 3.8) is 0 Å². The molecule has 1 aliphatic carbocycles. The highest BCUT2D eigenvalue weighted by Crippen LogP contribution is 2.36. The van der Waals surface area contributed by atoms with Crippen LogP contribution in [0.5, 0.6) is 0 Å². The van der Waals surface area contributed by atoms with Gasteiger partial charge in [0.1, 0.15) is 0 Å². The predicted molar refractivity (Wildman–Crippen MR) is 55.6 cm³/mol. The minimum Gasteiger partial charge on any atom is -0.377 e. The summed E-state index contributed by atoms with van der Waals surface area (Å²) in [5.41, 5.74) is 6.17. The molecule has 0 heterocycles. The number of ether oxygens (including phenoxy) is 1. The zero-order valence-corrected chi connectivity index (χ0v) is 9.18. The van der Waals surface area contributed by atoms with Gasteiger partial charge in [-0.1, -0.05) is 13.8 Å². The molecule has 1 saturated carbocycles. The van der Waals surface area contributed by atoms with Crippen molar-refractivity contribution in [3.05, 3.63) is 0 Å². The molecule has 0 aromatic carbocycles. The third kappa shape index (κ3) is 4.10. The Labute approximate surface area is 81.8 Å².